The summed E-state index contributed by atoms with van der Waals surface area (Å²) in [5.74, 6) is -2.24. The summed E-state index contributed by atoms with van der Waals surface area (Å²) in [4.78, 5) is 48.2. The molecule has 5 rings (SSSR count). The number of likely N-dealkylation sites (tertiary alicyclic amines) is 1. The number of likely N-dealkylation sites (N-methyl/N-ethyl adjacent to an activating group) is 1. The van der Waals surface area contributed by atoms with Gasteiger partial charge in [0.1, 0.15) is 23.8 Å². The number of nitrogens with zero attached hydrogens (tertiary/aromatic N) is 6. The molecule has 4 heterocycles. The average Bonchev–Trinajstić information content (AvgIpc) is 3.72. The average molecular weight is 593 g/mol. The van der Waals surface area contributed by atoms with Crippen LogP contribution in [0.4, 0.5) is 0 Å². The monoisotopic (exact) mass is 592 g/mol. The van der Waals surface area contributed by atoms with Crippen molar-refractivity contribution >= 4 is 28.8 Å². The van der Waals surface area contributed by atoms with Crippen LogP contribution in [0.1, 0.15) is 46.5 Å². The molecule has 3 amide bonds. The van der Waals surface area contributed by atoms with Crippen LogP contribution >= 0.6 is 0 Å². The summed E-state index contributed by atoms with van der Waals surface area (Å²) in [6.45, 7) is 14.0. The van der Waals surface area contributed by atoms with E-state index in [0.717, 1.165) is 5.52 Å². The lowest BCUT2D eigenvalue weighted by atomic mass is 9.64. The summed E-state index contributed by atoms with van der Waals surface area (Å²) in [6, 6.07) is 5.87. The summed E-state index contributed by atoms with van der Waals surface area (Å²) in [6.07, 6.45) is 5.36. The van der Waals surface area contributed by atoms with Gasteiger partial charge in [-0.05, 0) is 43.7 Å². The molecule has 2 unspecified atom stereocenters. The third-order valence-corrected chi connectivity index (χ3v) is 9.63. The molecule has 3 fully saturated rings. The number of hydrogen-bond acceptors (Lipinski definition) is 7. The first-order valence-electron chi connectivity index (χ1n) is 15.3. The second-order valence-corrected chi connectivity index (χ2v) is 12.6. The molecule has 1 aromatic heterocycles. The molecule has 1 spiro atoms. The van der Waals surface area contributed by atoms with Crippen molar-refractivity contribution < 1.29 is 24.2 Å². The Morgan fingerprint density at radius 1 is 1.19 bits per heavy atom. The molecular formula is C32H44N6O5. The fraction of sp³-hybridized carbons (Fsp3) is 0.594. The number of para-hydroxylation sites is 1. The Kier molecular flexibility index (Phi) is 8.50. The van der Waals surface area contributed by atoms with Crippen LogP contribution in [0.5, 0.6) is 0 Å². The highest BCUT2D eigenvalue weighted by Gasteiger charge is 2.79. The van der Waals surface area contributed by atoms with E-state index in [2.05, 4.69) is 23.5 Å². The summed E-state index contributed by atoms with van der Waals surface area (Å²) in [5, 5.41) is 19.1. The number of carbonyl (C=O) groups is 3. The van der Waals surface area contributed by atoms with E-state index in [-0.39, 0.29) is 43.5 Å². The van der Waals surface area contributed by atoms with Crippen LogP contribution in [-0.2, 0) is 25.8 Å². The van der Waals surface area contributed by atoms with Crippen molar-refractivity contribution in [3.63, 3.8) is 0 Å². The van der Waals surface area contributed by atoms with Crippen molar-refractivity contribution in [1.29, 1.82) is 0 Å². The summed E-state index contributed by atoms with van der Waals surface area (Å²) in [5.41, 5.74) is -0.579. The maximum atomic E-state index is 14.8. The minimum absolute atomic E-state index is 0.0853. The van der Waals surface area contributed by atoms with Crippen molar-refractivity contribution in [3.8, 4) is 0 Å². The Labute approximate surface area is 253 Å². The van der Waals surface area contributed by atoms with E-state index in [4.69, 9.17) is 4.74 Å². The van der Waals surface area contributed by atoms with E-state index in [0.29, 0.717) is 37.7 Å². The van der Waals surface area contributed by atoms with E-state index in [9.17, 15) is 19.5 Å². The van der Waals surface area contributed by atoms with Gasteiger partial charge in [0, 0.05) is 20.1 Å². The highest BCUT2D eigenvalue weighted by atomic mass is 16.5. The number of benzene rings is 1. The van der Waals surface area contributed by atoms with Gasteiger partial charge in [-0.2, -0.15) is 0 Å². The second kappa shape index (κ2) is 11.8. The zero-order valence-corrected chi connectivity index (χ0v) is 25.7. The number of ether oxygens (including phenoxy) is 1. The Morgan fingerprint density at radius 3 is 2.56 bits per heavy atom. The maximum absolute atomic E-state index is 14.8. The lowest BCUT2D eigenvalue weighted by Gasteiger charge is -2.40. The second-order valence-electron chi connectivity index (χ2n) is 12.6. The van der Waals surface area contributed by atoms with Crippen LogP contribution in [0.3, 0.4) is 0 Å². The van der Waals surface area contributed by atoms with Crippen LogP contribution in [0.2, 0.25) is 0 Å². The van der Waals surface area contributed by atoms with E-state index in [1.54, 1.807) is 38.6 Å². The van der Waals surface area contributed by atoms with Crippen LogP contribution in [0, 0.1) is 17.8 Å². The minimum Gasteiger partial charge on any atom is -0.394 e. The number of rotatable bonds is 13. The van der Waals surface area contributed by atoms with Crippen molar-refractivity contribution in [2.24, 2.45) is 17.8 Å². The molecule has 1 aromatic carbocycles. The van der Waals surface area contributed by atoms with Crippen molar-refractivity contribution in [2.75, 3.05) is 26.7 Å². The lowest BCUT2D eigenvalue weighted by Crippen LogP contribution is -2.59. The van der Waals surface area contributed by atoms with Crippen molar-refractivity contribution in [2.45, 2.75) is 76.4 Å². The van der Waals surface area contributed by atoms with Gasteiger partial charge in [-0.1, -0.05) is 50.3 Å². The number of hydrogen-bond donors (Lipinski definition) is 1. The smallest absolute Gasteiger partial charge is 0.250 e. The molecule has 232 valence electrons. The first-order valence-corrected chi connectivity index (χ1v) is 15.3. The van der Waals surface area contributed by atoms with Gasteiger partial charge < -0.3 is 24.5 Å². The summed E-state index contributed by atoms with van der Waals surface area (Å²) >= 11 is 0. The number of aliphatic hydroxyl groups excluding tert-OH is 1. The predicted octanol–water partition coefficient (Wildman–Crippen LogP) is 2.61. The van der Waals surface area contributed by atoms with Gasteiger partial charge in [0.15, 0.2) is 0 Å². The molecule has 6 atom stereocenters. The third-order valence-electron chi connectivity index (χ3n) is 9.63. The Hall–Kier alpha value is -3.57. The predicted molar refractivity (Wildman–Crippen MR) is 161 cm³/mol. The third kappa shape index (κ3) is 4.86. The quantitative estimate of drug-likeness (QED) is 0.355. The largest absolute Gasteiger partial charge is 0.394 e. The van der Waals surface area contributed by atoms with Gasteiger partial charge >= 0.3 is 0 Å². The molecule has 3 aliphatic rings. The standard InChI is InChI=1S/C32H44N6O5/c1-7-16-35(6)28(40)25-26-29(41)38(22(19-39)18-21(4)5)27(32(26)15-14-31(25,9-3)43-32)30(42)36(17-8-2)20-37-24-13-11-10-12-23(24)33-34-37/h7-8,10-13,21-22,25-27,39H,1-2,9,14-20H2,3-6H3/t22-,25-,26+,27?,31+,32?/m1/s1. The van der Waals surface area contributed by atoms with E-state index < -0.39 is 35.1 Å². The number of aliphatic hydroxyl groups is 1. The molecule has 3 saturated heterocycles. The van der Waals surface area contributed by atoms with Gasteiger partial charge in [-0.3, -0.25) is 14.4 Å². The first kappa shape index (κ1) is 30.9. The fourth-order valence-electron chi connectivity index (χ4n) is 7.77. The zero-order chi connectivity index (χ0) is 31.1. The molecule has 1 N–H and O–H groups in total. The summed E-state index contributed by atoms with van der Waals surface area (Å²) < 4.78 is 8.58. The van der Waals surface area contributed by atoms with E-state index in [1.807, 2.05) is 45.0 Å². The fourth-order valence-corrected chi connectivity index (χ4v) is 7.77. The minimum atomic E-state index is -1.20. The normalized spacial score (nSPS) is 28.4. The highest BCUT2D eigenvalue weighted by molar-refractivity contribution is 5.99. The van der Waals surface area contributed by atoms with Crippen molar-refractivity contribution in [3.05, 3.63) is 49.6 Å². The van der Waals surface area contributed by atoms with Gasteiger partial charge in [-0.25, -0.2) is 4.68 Å². The molecule has 43 heavy (non-hydrogen) atoms. The Balaban J connectivity index is 1.61. The van der Waals surface area contributed by atoms with E-state index in [1.165, 1.54) is 0 Å². The first-order chi connectivity index (χ1) is 20.6. The summed E-state index contributed by atoms with van der Waals surface area (Å²) in [7, 11) is 1.70. The molecular weight excluding hydrogens is 548 g/mol. The number of fused-ring (bicyclic) bond motifs is 2. The van der Waals surface area contributed by atoms with Gasteiger partial charge in [-0.15, -0.1) is 18.3 Å². The molecule has 2 bridgehead atoms. The van der Waals surface area contributed by atoms with Gasteiger partial charge in [0.2, 0.25) is 17.7 Å². The van der Waals surface area contributed by atoms with Gasteiger partial charge in [0.25, 0.3) is 0 Å². The maximum Gasteiger partial charge on any atom is 0.250 e. The van der Waals surface area contributed by atoms with Crippen LogP contribution in [-0.4, -0.2) is 103 Å². The number of carbonyl (C=O) groups excluding carboxylic acids is 3. The number of aromatic nitrogens is 3. The lowest BCUT2D eigenvalue weighted by molar-refractivity contribution is -0.158. The molecule has 11 nitrogen and oxygen atoms in total. The topological polar surface area (TPSA) is 121 Å². The van der Waals surface area contributed by atoms with Crippen LogP contribution in [0.15, 0.2) is 49.6 Å². The Bertz CT molecular complexity index is 1410. The SMILES string of the molecule is C=CCN(C)C(=O)[C@H]1[C@H]2C(=O)N([C@@H](CO)CC(C)C)C(C(=O)N(CC=C)Cn3nnc4ccccc43)C23CC[C@]1(CC)O3. The Morgan fingerprint density at radius 2 is 1.91 bits per heavy atom. The molecule has 2 aromatic rings. The van der Waals surface area contributed by atoms with Crippen molar-refractivity contribution in [1.82, 2.24) is 29.7 Å². The molecule has 3 aliphatic heterocycles. The van der Waals surface area contributed by atoms with Crippen LogP contribution in [0.25, 0.3) is 11.0 Å². The van der Waals surface area contributed by atoms with E-state index >= 15 is 0 Å². The van der Waals surface area contributed by atoms with Crippen LogP contribution < -0.4 is 0 Å². The number of amides is 3. The zero-order valence-electron chi connectivity index (χ0n) is 25.7. The molecule has 0 saturated carbocycles. The molecule has 0 radical (unpaired) electrons. The molecule has 0 aliphatic carbocycles. The molecule has 11 heteroatoms. The van der Waals surface area contributed by atoms with Gasteiger partial charge in [0.05, 0.1) is 35.6 Å². The highest BCUT2D eigenvalue weighted by Crippen LogP contribution is 2.65.